The summed E-state index contributed by atoms with van der Waals surface area (Å²) in [7, 11) is -2.86. The number of amides is 1. The van der Waals surface area contributed by atoms with Crippen LogP contribution in [0, 0.1) is 5.41 Å². The highest BCUT2D eigenvalue weighted by molar-refractivity contribution is 7.92. The van der Waals surface area contributed by atoms with Gasteiger partial charge in [0.15, 0.2) is 9.84 Å². The van der Waals surface area contributed by atoms with Crippen molar-refractivity contribution >= 4 is 15.7 Å². The molecule has 2 fully saturated rings. The number of sulfone groups is 1. The Morgan fingerprint density at radius 1 is 1.04 bits per heavy atom. The second-order valence-corrected chi connectivity index (χ2v) is 8.55. The Morgan fingerprint density at radius 2 is 1.74 bits per heavy atom. The lowest BCUT2D eigenvalue weighted by Crippen LogP contribution is -2.69. The standard InChI is InChI=1S/C17H16N2O3S/c20-16(19-9-17(10-19)11-23(21,22)12-17)15-8-14(6-7-18-15)13-4-2-1-3-5-13/h1-8H,9-12H2. The Bertz CT molecular complexity index is 858. The van der Waals surface area contributed by atoms with Crippen LogP contribution in [0.25, 0.3) is 11.1 Å². The van der Waals surface area contributed by atoms with Gasteiger partial charge < -0.3 is 4.90 Å². The minimum Gasteiger partial charge on any atom is -0.336 e. The molecule has 2 aromatic rings. The number of carbonyl (C=O) groups excluding carboxylic acids is 1. The lowest BCUT2D eigenvalue weighted by Gasteiger charge is -2.54. The first-order chi connectivity index (χ1) is 11.0. The van der Waals surface area contributed by atoms with Gasteiger partial charge in [-0.15, -0.1) is 0 Å². The quantitative estimate of drug-likeness (QED) is 0.840. The molecule has 3 heterocycles. The highest BCUT2D eigenvalue weighted by Gasteiger charge is 2.57. The van der Waals surface area contributed by atoms with Crippen LogP contribution in [0.2, 0.25) is 0 Å². The molecule has 1 amide bonds. The van der Waals surface area contributed by atoms with E-state index in [0.29, 0.717) is 18.8 Å². The van der Waals surface area contributed by atoms with Crippen LogP contribution in [0.1, 0.15) is 10.5 Å². The van der Waals surface area contributed by atoms with Crippen molar-refractivity contribution < 1.29 is 13.2 Å². The van der Waals surface area contributed by atoms with Crippen LogP contribution in [0.4, 0.5) is 0 Å². The SMILES string of the molecule is O=C(c1cc(-c2ccccc2)ccn1)N1CC2(C1)CS(=O)(=O)C2. The zero-order chi connectivity index (χ0) is 16.1. The molecule has 0 atom stereocenters. The molecule has 0 aliphatic carbocycles. The molecular formula is C17H16N2O3S. The third-order valence-electron chi connectivity index (χ3n) is 4.48. The Hall–Kier alpha value is -2.21. The first-order valence-electron chi connectivity index (χ1n) is 7.48. The highest BCUT2D eigenvalue weighted by atomic mass is 32.2. The molecule has 2 aliphatic rings. The smallest absolute Gasteiger partial charge is 0.272 e. The van der Waals surface area contributed by atoms with Crippen molar-refractivity contribution in [1.29, 1.82) is 0 Å². The minimum absolute atomic E-state index is 0.127. The van der Waals surface area contributed by atoms with Gasteiger partial charge in [-0.3, -0.25) is 9.78 Å². The van der Waals surface area contributed by atoms with Crippen molar-refractivity contribution in [3.63, 3.8) is 0 Å². The van der Waals surface area contributed by atoms with Crippen LogP contribution in [-0.4, -0.2) is 48.8 Å². The predicted molar refractivity (Wildman–Crippen MR) is 86.7 cm³/mol. The van der Waals surface area contributed by atoms with Crippen molar-refractivity contribution in [2.24, 2.45) is 5.41 Å². The first-order valence-corrected chi connectivity index (χ1v) is 9.30. The molecule has 2 aliphatic heterocycles. The lowest BCUT2D eigenvalue weighted by atomic mass is 9.82. The van der Waals surface area contributed by atoms with E-state index >= 15 is 0 Å². The molecular weight excluding hydrogens is 312 g/mol. The van der Waals surface area contributed by atoms with E-state index in [-0.39, 0.29) is 22.8 Å². The molecule has 4 rings (SSSR count). The van der Waals surface area contributed by atoms with Gasteiger partial charge in [-0.25, -0.2) is 8.42 Å². The van der Waals surface area contributed by atoms with Gasteiger partial charge in [0.25, 0.3) is 5.91 Å². The molecule has 0 unspecified atom stereocenters. The summed E-state index contributed by atoms with van der Waals surface area (Å²) in [6.45, 7) is 1.03. The minimum atomic E-state index is -2.86. The first kappa shape index (κ1) is 14.4. The number of aromatic nitrogens is 1. The van der Waals surface area contributed by atoms with Crippen LogP contribution >= 0.6 is 0 Å². The summed E-state index contributed by atoms with van der Waals surface area (Å²) in [5, 5.41) is 0. The maximum Gasteiger partial charge on any atom is 0.272 e. The van der Waals surface area contributed by atoms with E-state index in [4.69, 9.17) is 0 Å². The van der Waals surface area contributed by atoms with Crippen molar-refractivity contribution in [3.8, 4) is 11.1 Å². The number of rotatable bonds is 2. The molecule has 6 heteroatoms. The van der Waals surface area contributed by atoms with E-state index in [0.717, 1.165) is 11.1 Å². The number of benzene rings is 1. The van der Waals surface area contributed by atoms with Gasteiger partial charge in [0.2, 0.25) is 0 Å². The number of pyridine rings is 1. The summed E-state index contributed by atoms with van der Waals surface area (Å²) < 4.78 is 22.7. The van der Waals surface area contributed by atoms with Crippen molar-refractivity contribution in [1.82, 2.24) is 9.88 Å². The predicted octanol–water partition coefficient (Wildman–Crippen LogP) is 1.62. The van der Waals surface area contributed by atoms with E-state index in [1.165, 1.54) is 0 Å². The van der Waals surface area contributed by atoms with Gasteiger partial charge in [0.05, 0.1) is 11.5 Å². The largest absolute Gasteiger partial charge is 0.336 e. The third-order valence-corrected chi connectivity index (χ3v) is 6.58. The average Bonchev–Trinajstić information content (AvgIpc) is 2.50. The zero-order valence-electron chi connectivity index (χ0n) is 12.5. The molecule has 0 saturated carbocycles. The Balaban J connectivity index is 1.50. The Morgan fingerprint density at radius 3 is 2.39 bits per heavy atom. The third kappa shape index (κ3) is 2.53. The maximum atomic E-state index is 12.5. The molecule has 118 valence electrons. The lowest BCUT2D eigenvalue weighted by molar-refractivity contribution is 0.0197. The van der Waals surface area contributed by atoms with Gasteiger partial charge in [-0.2, -0.15) is 0 Å². The zero-order valence-corrected chi connectivity index (χ0v) is 13.3. The average molecular weight is 328 g/mol. The highest BCUT2D eigenvalue weighted by Crippen LogP contribution is 2.41. The van der Waals surface area contributed by atoms with Crippen molar-refractivity contribution in [3.05, 3.63) is 54.4 Å². The molecule has 1 spiro atoms. The normalized spacial score (nSPS) is 20.6. The fourth-order valence-corrected chi connectivity index (χ4v) is 5.65. The summed E-state index contributed by atoms with van der Waals surface area (Å²) in [6.07, 6.45) is 1.64. The van der Waals surface area contributed by atoms with Gasteiger partial charge in [-0.1, -0.05) is 30.3 Å². The molecule has 2 saturated heterocycles. The number of carbonyl (C=O) groups is 1. The Labute approximate surface area is 134 Å². The van der Waals surface area contributed by atoms with Crippen LogP contribution in [0.5, 0.6) is 0 Å². The summed E-state index contributed by atoms with van der Waals surface area (Å²) in [5.74, 6) is 0.292. The maximum absolute atomic E-state index is 12.5. The van der Waals surface area contributed by atoms with E-state index in [1.54, 1.807) is 17.2 Å². The van der Waals surface area contributed by atoms with Crippen molar-refractivity contribution in [2.75, 3.05) is 24.6 Å². The van der Waals surface area contributed by atoms with Crippen LogP contribution in [0.3, 0.4) is 0 Å². The molecule has 1 aromatic heterocycles. The number of nitrogens with zero attached hydrogens (tertiary/aromatic N) is 2. The second-order valence-electron chi connectivity index (χ2n) is 6.49. The van der Waals surface area contributed by atoms with E-state index in [9.17, 15) is 13.2 Å². The van der Waals surface area contributed by atoms with E-state index in [1.807, 2.05) is 36.4 Å². The summed E-state index contributed by atoms with van der Waals surface area (Å²) >= 11 is 0. The molecule has 1 aromatic carbocycles. The molecule has 0 radical (unpaired) electrons. The molecule has 0 N–H and O–H groups in total. The van der Waals surface area contributed by atoms with Crippen molar-refractivity contribution in [2.45, 2.75) is 0 Å². The topological polar surface area (TPSA) is 67.3 Å². The van der Waals surface area contributed by atoms with E-state index < -0.39 is 9.84 Å². The van der Waals surface area contributed by atoms with Gasteiger partial charge in [0, 0.05) is 24.7 Å². The monoisotopic (exact) mass is 328 g/mol. The van der Waals surface area contributed by atoms with Gasteiger partial charge in [-0.05, 0) is 23.3 Å². The van der Waals surface area contributed by atoms with Gasteiger partial charge >= 0.3 is 0 Å². The van der Waals surface area contributed by atoms with Crippen LogP contribution in [0.15, 0.2) is 48.7 Å². The van der Waals surface area contributed by atoms with Crippen LogP contribution in [-0.2, 0) is 9.84 Å². The van der Waals surface area contributed by atoms with E-state index in [2.05, 4.69) is 4.98 Å². The molecule has 23 heavy (non-hydrogen) atoms. The molecule has 5 nitrogen and oxygen atoms in total. The number of hydrogen-bond acceptors (Lipinski definition) is 4. The summed E-state index contributed by atoms with van der Waals surface area (Å²) in [5.41, 5.74) is 2.20. The summed E-state index contributed by atoms with van der Waals surface area (Å²) in [6, 6.07) is 13.5. The van der Waals surface area contributed by atoms with Gasteiger partial charge in [0.1, 0.15) is 5.69 Å². The fraction of sp³-hybridized carbons (Fsp3) is 0.294. The Kier molecular flexibility index (Phi) is 3.06. The summed E-state index contributed by atoms with van der Waals surface area (Å²) in [4.78, 5) is 18.4. The fourth-order valence-electron chi connectivity index (χ4n) is 3.50. The number of hydrogen-bond donors (Lipinski definition) is 0. The van der Waals surface area contributed by atoms with Crippen LogP contribution < -0.4 is 0 Å². The number of likely N-dealkylation sites (tertiary alicyclic amines) is 1. The second kappa shape index (κ2) is 4.89. The molecule has 0 bridgehead atoms.